The Labute approximate surface area is 167 Å². The number of esters is 1. The first-order valence-electron chi connectivity index (χ1n) is 7.99. The molecule has 0 radical (unpaired) electrons. The van der Waals surface area contributed by atoms with E-state index in [9.17, 15) is 22.4 Å². The highest BCUT2D eigenvalue weighted by molar-refractivity contribution is 7.92. The van der Waals surface area contributed by atoms with Gasteiger partial charge in [0.2, 0.25) is 15.9 Å². The summed E-state index contributed by atoms with van der Waals surface area (Å²) in [4.78, 5) is 24.3. The Balaban J connectivity index is 2.37. The van der Waals surface area contributed by atoms with Gasteiger partial charge in [0.1, 0.15) is 11.9 Å². The molecule has 28 heavy (non-hydrogen) atoms. The Hall–Kier alpha value is -2.65. The molecule has 0 spiro atoms. The van der Waals surface area contributed by atoms with Crippen LogP contribution in [0.2, 0.25) is 5.02 Å². The van der Waals surface area contributed by atoms with E-state index in [1.54, 1.807) is 0 Å². The summed E-state index contributed by atoms with van der Waals surface area (Å²) in [5.41, 5.74) is -0.0330. The topological polar surface area (TPSA) is 92.8 Å². The standard InChI is InChI=1S/C18H18ClFN2O5S/c1-11(22(28(3,25)26)16-7-5-4-6-14(16)20)17(23)21-15-10-12(18(24)27-2)8-9-13(15)19/h4-11H,1-3H3,(H,21,23)/t11-/m0/s1. The maximum atomic E-state index is 14.2. The van der Waals surface area contributed by atoms with E-state index in [-0.39, 0.29) is 22.0 Å². The van der Waals surface area contributed by atoms with Crippen LogP contribution >= 0.6 is 11.6 Å². The fourth-order valence-corrected chi connectivity index (χ4v) is 3.85. The van der Waals surface area contributed by atoms with Crippen molar-refractivity contribution >= 4 is 44.9 Å². The summed E-state index contributed by atoms with van der Waals surface area (Å²) in [6, 6.07) is 8.01. The molecule has 10 heteroatoms. The van der Waals surface area contributed by atoms with Crippen LogP contribution < -0.4 is 9.62 Å². The van der Waals surface area contributed by atoms with E-state index in [2.05, 4.69) is 10.1 Å². The molecule has 2 aromatic carbocycles. The van der Waals surface area contributed by atoms with Crippen molar-refractivity contribution in [1.29, 1.82) is 0 Å². The molecule has 2 aromatic rings. The average molecular weight is 429 g/mol. The fraction of sp³-hybridized carbons (Fsp3) is 0.222. The number of benzene rings is 2. The third-order valence-electron chi connectivity index (χ3n) is 3.82. The highest BCUT2D eigenvalue weighted by atomic mass is 35.5. The summed E-state index contributed by atoms with van der Waals surface area (Å²) in [5, 5.41) is 2.59. The van der Waals surface area contributed by atoms with Crippen LogP contribution in [0.3, 0.4) is 0 Å². The van der Waals surface area contributed by atoms with E-state index in [0.29, 0.717) is 4.31 Å². The minimum Gasteiger partial charge on any atom is -0.465 e. The Morgan fingerprint density at radius 2 is 1.86 bits per heavy atom. The molecule has 1 N–H and O–H groups in total. The van der Waals surface area contributed by atoms with Crippen LogP contribution in [0.4, 0.5) is 15.8 Å². The number of para-hydroxylation sites is 1. The van der Waals surface area contributed by atoms with Gasteiger partial charge in [-0.2, -0.15) is 0 Å². The van der Waals surface area contributed by atoms with Crippen LogP contribution in [-0.2, 0) is 19.6 Å². The minimum atomic E-state index is -3.99. The monoisotopic (exact) mass is 428 g/mol. The van der Waals surface area contributed by atoms with Crippen molar-refractivity contribution in [3.63, 3.8) is 0 Å². The SMILES string of the molecule is COC(=O)c1ccc(Cl)c(NC(=O)[C@H](C)N(c2ccccc2F)S(C)(=O)=O)c1. The zero-order valence-electron chi connectivity index (χ0n) is 15.3. The summed E-state index contributed by atoms with van der Waals surface area (Å²) < 4.78 is 43.9. The van der Waals surface area contributed by atoms with Gasteiger partial charge < -0.3 is 10.1 Å². The summed E-state index contributed by atoms with van der Waals surface area (Å²) in [6.07, 6.45) is 0.869. The largest absolute Gasteiger partial charge is 0.465 e. The van der Waals surface area contributed by atoms with Crippen molar-refractivity contribution in [3.05, 3.63) is 58.9 Å². The van der Waals surface area contributed by atoms with Crippen LogP contribution in [0, 0.1) is 5.82 Å². The average Bonchev–Trinajstić information content (AvgIpc) is 2.63. The van der Waals surface area contributed by atoms with Crippen molar-refractivity contribution in [3.8, 4) is 0 Å². The highest BCUT2D eigenvalue weighted by Crippen LogP contribution is 2.27. The molecule has 1 atom stereocenters. The maximum absolute atomic E-state index is 14.2. The Bertz CT molecular complexity index is 1010. The molecule has 1 amide bonds. The number of nitrogens with one attached hydrogen (secondary N) is 1. The lowest BCUT2D eigenvalue weighted by atomic mass is 10.2. The van der Waals surface area contributed by atoms with Crippen molar-refractivity contribution in [2.24, 2.45) is 0 Å². The molecule has 0 aromatic heterocycles. The number of rotatable bonds is 6. The van der Waals surface area contributed by atoms with E-state index in [1.165, 1.54) is 50.4 Å². The first kappa shape index (κ1) is 21.6. The second-order valence-corrected chi connectivity index (χ2v) is 8.13. The van der Waals surface area contributed by atoms with Gasteiger partial charge >= 0.3 is 5.97 Å². The van der Waals surface area contributed by atoms with Crippen molar-refractivity contribution in [2.45, 2.75) is 13.0 Å². The fourth-order valence-electron chi connectivity index (χ4n) is 2.51. The molecule has 0 fully saturated rings. The van der Waals surface area contributed by atoms with Gasteiger partial charge in [-0.15, -0.1) is 0 Å². The van der Waals surface area contributed by atoms with Crippen LogP contribution in [0.5, 0.6) is 0 Å². The molecular formula is C18H18ClFN2O5S. The Morgan fingerprint density at radius 3 is 2.43 bits per heavy atom. The zero-order chi connectivity index (χ0) is 21.1. The summed E-state index contributed by atoms with van der Waals surface area (Å²) >= 11 is 6.05. The van der Waals surface area contributed by atoms with E-state index in [0.717, 1.165) is 12.3 Å². The van der Waals surface area contributed by atoms with E-state index < -0.39 is 33.8 Å². The molecule has 0 bridgehead atoms. The number of nitrogens with zero attached hydrogens (tertiary/aromatic N) is 1. The molecule has 0 aliphatic rings. The molecule has 0 heterocycles. The van der Waals surface area contributed by atoms with Gasteiger partial charge in [0, 0.05) is 0 Å². The van der Waals surface area contributed by atoms with Gasteiger partial charge in [-0.1, -0.05) is 23.7 Å². The number of amides is 1. The minimum absolute atomic E-state index is 0.0865. The quantitative estimate of drug-likeness (QED) is 0.714. The van der Waals surface area contributed by atoms with Crippen LogP contribution in [-0.4, -0.2) is 39.7 Å². The van der Waals surface area contributed by atoms with Gasteiger partial charge in [0.05, 0.1) is 35.3 Å². The molecule has 0 aliphatic heterocycles. The molecule has 0 saturated carbocycles. The molecular weight excluding hydrogens is 411 g/mol. The van der Waals surface area contributed by atoms with Crippen molar-refractivity contribution < 1.29 is 27.1 Å². The van der Waals surface area contributed by atoms with Gasteiger partial charge in [-0.3, -0.25) is 9.10 Å². The first-order chi connectivity index (χ1) is 13.1. The summed E-state index contributed by atoms with van der Waals surface area (Å²) in [7, 11) is -2.78. The molecule has 0 unspecified atom stereocenters. The first-order valence-corrected chi connectivity index (χ1v) is 10.2. The molecule has 2 rings (SSSR count). The van der Waals surface area contributed by atoms with Gasteiger partial charge in [0.15, 0.2) is 0 Å². The summed E-state index contributed by atoms with van der Waals surface area (Å²) in [6.45, 7) is 1.31. The zero-order valence-corrected chi connectivity index (χ0v) is 16.8. The van der Waals surface area contributed by atoms with E-state index in [4.69, 9.17) is 11.6 Å². The maximum Gasteiger partial charge on any atom is 0.337 e. The number of hydrogen-bond donors (Lipinski definition) is 1. The number of carbonyl (C=O) groups excluding carboxylic acids is 2. The van der Waals surface area contributed by atoms with Crippen LogP contribution in [0.25, 0.3) is 0 Å². The van der Waals surface area contributed by atoms with E-state index >= 15 is 0 Å². The van der Waals surface area contributed by atoms with Crippen LogP contribution in [0.15, 0.2) is 42.5 Å². The third-order valence-corrected chi connectivity index (χ3v) is 5.38. The molecule has 0 aliphatic carbocycles. The number of carbonyl (C=O) groups is 2. The van der Waals surface area contributed by atoms with Gasteiger partial charge in [-0.05, 0) is 37.3 Å². The number of halogens is 2. The lowest BCUT2D eigenvalue weighted by molar-refractivity contribution is -0.116. The molecule has 7 nitrogen and oxygen atoms in total. The smallest absolute Gasteiger partial charge is 0.337 e. The second-order valence-electron chi connectivity index (χ2n) is 5.86. The Morgan fingerprint density at radius 1 is 1.21 bits per heavy atom. The van der Waals surface area contributed by atoms with Gasteiger partial charge in [-0.25, -0.2) is 17.6 Å². The number of hydrogen-bond acceptors (Lipinski definition) is 5. The predicted octanol–water partition coefficient (Wildman–Crippen LogP) is 3.06. The second kappa shape index (κ2) is 8.57. The molecule has 0 saturated heterocycles. The van der Waals surface area contributed by atoms with E-state index in [1.807, 2.05) is 0 Å². The van der Waals surface area contributed by atoms with Crippen molar-refractivity contribution in [1.82, 2.24) is 0 Å². The van der Waals surface area contributed by atoms with Crippen molar-refractivity contribution in [2.75, 3.05) is 23.0 Å². The van der Waals surface area contributed by atoms with Crippen LogP contribution in [0.1, 0.15) is 17.3 Å². The normalized spacial score (nSPS) is 12.2. The summed E-state index contributed by atoms with van der Waals surface area (Å²) in [5.74, 6) is -2.19. The highest BCUT2D eigenvalue weighted by Gasteiger charge is 2.31. The molecule has 150 valence electrons. The number of sulfonamides is 1. The van der Waals surface area contributed by atoms with Gasteiger partial charge in [0.25, 0.3) is 0 Å². The lowest BCUT2D eigenvalue weighted by Gasteiger charge is -2.28. The number of methoxy groups -OCH3 is 1. The third kappa shape index (κ3) is 4.79. The number of ether oxygens (including phenoxy) is 1. The number of anilines is 2. The lowest BCUT2D eigenvalue weighted by Crippen LogP contribution is -2.45. The Kier molecular flexibility index (Phi) is 6.63. The predicted molar refractivity (Wildman–Crippen MR) is 105 cm³/mol.